The monoisotopic (exact) mass is 334 g/mol. The largest absolute Gasteiger partial charge is 0.464 e. The first-order valence-electron chi connectivity index (χ1n) is 8.81. The predicted molar refractivity (Wildman–Crippen MR) is 97.3 cm³/mol. The predicted octanol–water partition coefficient (Wildman–Crippen LogP) is 4.35. The molecule has 4 nitrogen and oxygen atoms in total. The number of aryl methyl sites for hydroxylation is 2. The Morgan fingerprint density at radius 3 is 3.00 bits per heavy atom. The number of hydrogen-bond acceptors (Lipinski definition) is 3. The fraction of sp³-hybridized carbons (Fsp3) is 0.333. The molecule has 1 aliphatic heterocycles. The van der Waals surface area contributed by atoms with Crippen LogP contribution in [0.3, 0.4) is 0 Å². The third kappa shape index (κ3) is 2.82. The number of rotatable bonds is 3. The number of pyridine rings is 1. The van der Waals surface area contributed by atoms with E-state index in [-0.39, 0.29) is 11.9 Å². The van der Waals surface area contributed by atoms with E-state index in [1.165, 1.54) is 5.56 Å². The molecule has 1 aromatic carbocycles. The first-order valence-corrected chi connectivity index (χ1v) is 8.81. The van der Waals surface area contributed by atoms with Gasteiger partial charge in [0.1, 0.15) is 5.58 Å². The zero-order valence-corrected chi connectivity index (χ0v) is 14.7. The number of furan rings is 1. The number of carbonyl (C=O) groups is 1. The van der Waals surface area contributed by atoms with Crippen molar-refractivity contribution in [2.75, 3.05) is 6.54 Å². The molecule has 0 N–H and O–H groups in total. The summed E-state index contributed by atoms with van der Waals surface area (Å²) in [6.07, 6.45) is 7.80. The topological polar surface area (TPSA) is 46.3 Å². The van der Waals surface area contributed by atoms with Gasteiger partial charge in [-0.25, -0.2) is 0 Å². The van der Waals surface area contributed by atoms with Gasteiger partial charge >= 0.3 is 0 Å². The van der Waals surface area contributed by atoms with Gasteiger partial charge in [-0.2, -0.15) is 0 Å². The summed E-state index contributed by atoms with van der Waals surface area (Å²) in [5.74, 6) is 0.160. The Bertz CT molecular complexity index is 914. The third-order valence-corrected chi connectivity index (χ3v) is 5.33. The van der Waals surface area contributed by atoms with Crippen molar-refractivity contribution in [2.24, 2.45) is 0 Å². The van der Waals surface area contributed by atoms with Gasteiger partial charge in [0.15, 0.2) is 0 Å². The molecule has 1 fully saturated rings. The molecule has 2 aromatic heterocycles. The van der Waals surface area contributed by atoms with E-state index in [4.69, 9.17) is 4.42 Å². The van der Waals surface area contributed by atoms with Gasteiger partial charge in [-0.05, 0) is 49.4 Å². The van der Waals surface area contributed by atoms with Crippen molar-refractivity contribution >= 4 is 16.9 Å². The fourth-order valence-electron chi connectivity index (χ4n) is 3.77. The van der Waals surface area contributed by atoms with Crippen molar-refractivity contribution in [2.45, 2.75) is 39.2 Å². The number of carbonyl (C=O) groups excluding carboxylic acids is 1. The lowest BCUT2D eigenvalue weighted by Gasteiger charge is -2.24. The Kier molecular flexibility index (Phi) is 4.04. The van der Waals surface area contributed by atoms with E-state index in [2.05, 4.69) is 37.0 Å². The van der Waals surface area contributed by atoms with Crippen LogP contribution in [-0.2, 0) is 11.2 Å². The smallest absolute Gasteiger partial charge is 0.227 e. The number of fused-ring (bicyclic) bond motifs is 1. The first-order chi connectivity index (χ1) is 12.1. The van der Waals surface area contributed by atoms with E-state index in [1.54, 1.807) is 12.5 Å². The van der Waals surface area contributed by atoms with Gasteiger partial charge in [-0.15, -0.1) is 0 Å². The first kappa shape index (κ1) is 15.9. The number of likely N-dealkylation sites (tertiary alicyclic amines) is 1. The van der Waals surface area contributed by atoms with Gasteiger partial charge in [0.25, 0.3) is 0 Å². The Labute approximate surface area is 147 Å². The van der Waals surface area contributed by atoms with Gasteiger partial charge in [0, 0.05) is 29.9 Å². The second-order valence-electron chi connectivity index (χ2n) is 6.85. The molecule has 0 aliphatic carbocycles. The highest BCUT2D eigenvalue weighted by molar-refractivity contribution is 5.89. The average molecular weight is 334 g/mol. The molecule has 0 saturated carbocycles. The Morgan fingerprint density at radius 1 is 1.32 bits per heavy atom. The summed E-state index contributed by atoms with van der Waals surface area (Å²) in [5.41, 5.74) is 5.34. The highest BCUT2D eigenvalue weighted by Crippen LogP contribution is 2.33. The van der Waals surface area contributed by atoms with Crippen LogP contribution in [0.25, 0.3) is 11.0 Å². The SMILES string of the molecule is Cc1ccc2c(CC(=O)N3CCCC3c3cccnc3)coc2c1C. The van der Waals surface area contributed by atoms with Gasteiger partial charge in [-0.3, -0.25) is 9.78 Å². The minimum Gasteiger partial charge on any atom is -0.464 e. The molecule has 0 bridgehead atoms. The van der Waals surface area contributed by atoms with Crippen molar-refractivity contribution in [3.8, 4) is 0 Å². The van der Waals surface area contributed by atoms with E-state index in [0.29, 0.717) is 6.42 Å². The van der Waals surface area contributed by atoms with Gasteiger partial charge in [0.2, 0.25) is 5.91 Å². The molecule has 1 atom stereocenters. The fourth-order valence-corrected chi connectivity index (χ4v) is 3.77. The van der Waals surface area contributed by atoms with Crippen molar-refractivity contribution in [1.82, 2.24) is 9.88 Å². The van der Waals surface area contributed by atoms with E-state index in [0.717, 1.165) is 47.0 Å². The minimum atomic E-state index is 0.142. The van der Waals surface area contributed by atoms with Crippen molar-refractivity contribution in [3.63, 3.8) is 0 Å². The average Bonchev–Trinajstić information content (AvgIpc) is 3.26. The summed E-state index contributed by atoms with van der Waals surface area (Å²) >= 11 is 0. The number of benzene rings is 1. The maximum atomic E-state index is 13.0. The zero-order chi connectivity index (χ0) is 17.4. The standard InChI is InChI=1S/C21H22N2O2/c1-14-7-8-18-17(13-25-21(18)15(14)2)11-20(24)23-10-4-6-19(23)16-5-3-9-22-12-16/h3,5,7-9,12-13,19H,4,6,10-11H2,1-2H3. The molecule has 0 radical (unpaired) electrons. The summed E-state index contributed by atoms with van der Waals surface area (Å²) in [7, 11) is 0. The second-order valence-corrected chi connectivity index (χ2v) is 6.85. The number of nitrogens with zero attached hydrogens (tertiary/aromatic N) is 2. The summed E-state index contributed by atoms with van der Waals surface area (Å²) in [5, 5.41) is 1.05. The molecule has 128 valence electrons. The lowest BCUT2D eigenvalue weighted by atomic mass is 10.0. The van der Waals surface area contributed by atoms with Crippen LogP contribution >= 0.6 is 0 Å². The second kappa shape index (κ2) is 6.36. The molecule has 0 spiro atoms. The maximum absolute atomic E-state index is 13.0. The van der Waals surface area contributed by atoms with Gasteiger partial charge < -0.3 is 9.32 Å². The summed E-state index contributed by atoms with van der Waals surface area (Å²) in [4.78, 5) is 19.2. The van der Waals surface area contributed by atoms with Crippen LogP contribution in [0.2, 0.25) is 0 Å². The molecule has 1 saturated heterocycles. The highest BCUT2D eigenvalue weighted by Gasteiger charge is 2.30. The van der Waals surface area contributed by atoms with Crippen LogP contribution in [0.1, 0.15) is 41.1 Å². The number of amides is 1. The van der Waals surface area contributed by atoms with Crippen LogP contribution in [0.15, 0.2) is 47.3 Å². The van der Waals surface area contributed by atoms with Crippen molar-refractivity contribution in [3.05, 3.63) is 65.2 Å². The van der Waals surface area contributed by atoms with Gasteiger partial charge in [-0.1, -0.05) is 18.2 Å². The summed E-state index contributed by atoms with van der Waals surface area (Å²) in [6.45, 7) is 4.95. The van der Waals surface area contributed by atoms with Crippen LogP contribution in [0.5, 0.6) is 0 Å². The van der Waals surface area contributed by atoms with E-state index in [1.807, 2.05) is 17.2 Å². The molecule has 1 aliphatic rings. The highest BCUT2D eigenvalue weighted by atomic mass is 16.3. The van der Waals surface area contributed by atoms with Crippen LogP contribution in [-0.4, -0.2) is 22.3 Å². The molecule has 1 amide bonds. The summed E-state index contributed by atoms with van der Waals surface area (Å²) in [6, 6.07) is 8.29. The third-order valence-electron chi connectivity index (χ3n) is 5.33. The van der Waals surface area contributed by atoms with E-state index < -0.39 is 0 Å². The van der Waals surface area contributed by atoms with Crippen molar-refractivity contribution in [1.29, 1.82) is 0 Å². The molecule has 1 unspecified atom stereocenters. The molecule has 3 aromatic rings. The van der Waals surface area contributed by atoms with Crippen LogP contribution < -0.4 is 0 Å². The minimum absolute atomic E-state index is 0.142. The van der Waals surface area contributed by atoms with Gasteiger partial charge in [0.05, 0.1) is 18.7 Å². The van der Waals surface area contributed by atoms with E-state index in [9.17, 15) is 4.79 Å². The molecule has 25 heavy (non-hydrogen) atoms. The molecular formula is C21H22N2O2. The number of aromatic nitrogens is 1. The molecule has 4 heteroatoms. The van der Waals surface area contributed by atoms with E-state index >= 15 is 0 Å². The molecular weight excluding hydrogens is 312 g/mol. The Hall–Kier alpha value is -2.62. The summed E-state index contributed by atoms with van der Waals surface area (Å²) < 4.78 is 5.75. The lowest BCUT2D eigenvalue weighted by Crippen LogP contribution is -2.31. The Morgan fingerprint density at radius 2 is 2.20 bits per heavy atom. The zero-order valence-electron chi connectivity index (χ0n) is 14.7. The van der Waals surface area contributed by atoms with Crippen molar-refractivity contribution < 1.29 is 9.21 Å². The molecule has 4 rings (SSSR count). The normalized spacial score (nSPS) is 17.4. The lowest BCUT2D eigenvalue weighted by molar-refractivity contribution is -0.131. The Balaban J connectivity index is 1.59. The quantitative estimate of drug-likeness (QED) is 0.715. The molecule has 3 heterocycles. The number of hydrogen-bond donors (Lipinski definition) is 0. The van der Waals surface area contributed by atoms with Crippen LogP contribution in [0, 0.1) is 13.8 Å². The van der Waals surface area contributed by atoms with Crippen LogP contribution in [0.4, 0.5) is 0 Å². The maximum Gasteiger partial charge on any atom is 0.227 e.